The van der Waals surface area contributed by atoms with Gasteiger partial charge in [0.15, 0.2) is 0 Å². The molecule has 4 nitrogen and oxygen atoms in total. The summed E-state index contributed by atoms with van der Waals surface area (Å²) in [7, 11) is 0. The number of esters is 1. The van der Waals surface area contributed by atoms with E-state index in [0.29, 0.717) is 0 Å². The van der Waals surface area contributed by atoms with Crippen molar-refractivity contribution in [3.05, 3.63) is 69.2 Å². The summed E-state index contributed by atoms with van der Waals surface area (Å²) < 4.78 is 35.8. The number of rotatable bonds is 3. The number of halogens is 4. The van der Waals surface area contributed by atoms with Gasteiger partial charge in [0.1, 0.15) is 28.7 Å². The molecule has 4 atom stereocenters. The van der Waals surface area contributed by atoms with Crippen molar-refractivity contribution in [3.8, 4) is 6.07 Å². The van der Waals surface area contributed by atoms with Crippen LogP contribution in [0.25, 0.3) is 0 Å². The van der Waals surface area contributed by atoms with Crippen molar-refractivity contribution in [2.45, 2.75) is 56.7 Å². The zero-order valence-electron chi connectivity index (χ0n) is 17.5. The molecule has 1 N–H and O–H groups in total. The van der Waals surface area contributed by atoms with Crippen LogP contribution in [-0.4, -0.2) is 23.7 Å². The predicted octanol–water partition coefficient (Wildman–Crippen LogP) is 5.52. The highest BCUT2D eigenvalue weighted by Gasteiger charge is 2.60. The molecule has 1 aliphatic rings. The van der Waals surface area contributed by atoms with Crippen LogP contribution in [0.1, 0.15) is 44.7 Å². The lowest BCUT2D eigenvalue weighted by molar-refractivity contribution is -0.157. The Morgan fingerprint density at radius 1 is 1.23 bits per heavy atom. The molecule has 4 unspecified atom stereocenters. The first kappa shape index (κ1) is 23.5. The Labute approximate surface area is 190 Å². The van der Waals surface area contributed by atoms with Gasteiger partial charge in [-0.1, -0.05) is 41.4 Å². The van der Waals surface area contributed by atoms with Gasteiger partial charge in [-0.25, -0.2) is 8.78 Å². The van der Waals surface area contributed by atoms with Crippen molar-refractivity contribution in [1.29, 1.82) is 5.26 Å². The third-order valence-corrected chi connectivity index (χ3v) is 6.00. The minimum absolute atomic E-state index is 0.00911. The number of nitrogens with zero attached hydrogens (tertiary/aromatic N) is 1. The van der Waals surface area contributed by atoms with Gasteiger partial charge >= 0.3 is 5.97 Å². The minimum Gasteiger partial charge on any atom is -0.459 e. The van der Waals surface area contributed by atoms with Crippen molar-refractivity contribution < 1.29 is 18.3 Å². The predicted molar refractivity (Wildman–Crippen MR) is 115 cm³/mol. The second kappa shape index (κ2) is 8.38. The molecule has 2 aromatic carbocycles. The molecule has 1 aliphatic heterocycles. The molecule has 0 bridgehead atoms. The van der Waals surface area contributed by atoms with Crippen LogP contribution < -0.4 is 5.32 Å². The standard InChI is InChI=1S/C23H22Cl2F2N2O2/c1-12-23(11-28,15-9-8-13(24)10-17(15)26)18(14-6-5-7-16(25)19(14)27)20(29-12)21(30)31-22(2,3)4/h5-10,12,18,20,29H,1-4H3. The Balaban J connectivity index is 2.29. The molecule has 1 saturated heterocycles. The van der Waals surface area contributed by atoms with E-state index < -0.39 is 46.6 Å². The maximum absolute atomic E-state index is 15.2. The average Bonchev–Trinajstić information content (AvgIpc) is 2.96. The first-order valence-electron chi connectivity index (χ1n) is 9.72. The zero-order valence-corrected chi connectivity index (χ0v) is 19.0. The Hall–Kier alpha value is -2.20. The smallest absolute Gasteiger partial charge is 0.324 e. The maximum atomic E-state index is 15.2. The Morgan fingerprint density at radius 3 is 2.48 bits per heavy atom. The normalized spacial score (nSPS) is 25.8. The lowest BCUT2D eigenvalue weighted by Crippen LogP contribution is -2.42. The molecule has 8 heteroatoms. The van der Waals surface area contributed by atoms with Gasteiger partial charge in [0.25, 0.3) is 0 Å². The number of hydrogen-bond acceptors (Lipinski definition) is 4. The van der Waals surface area contributed by atoms with Gasteiger partial charge in [0.05, 0.1) is 11.1 Å². The molecule has 0 amide bonds. The lowest BCUT2D eigenvalue weighted by Gasteiger charge is -2.34. The SMILES string of the molecule is CC1NC(C(=O)OC(C)(C)C)C(c2cccc(Cl)c2F)C1(C#N)c1ccc(Cl)cc1F. The van der Waals surface area contributed by atoms with Crippen LogP contribution >= 0.6 is 23.2 Å². The first-order chi connectivity index (χ1) is 14.4. The molecule has 0 radical (unpaired) electrons. The summed E-state index contributed by atoms with van der Waals surface area (Å²) in [5.41, 5.74) is -2.42. The second-order valence-corrected chi connectivity index (χ2v) is 9.47. The van der Waals surface area contributed by atoms with Gasteiger partial charge < -0.3 is 4.74 Å². The highest BCUT2D eigenvalue weighted by atomic mass is 35.5. The van der Waals surface area contributed by atoms with Crippen molar-refractivity contribution in [3.63, 3.8) is 0 Å². The number of hydrogen-bond donors (Lipinski definition) is 1. The van der Waals surface area contributed by atoms with E-state index in [2.05, 4.69) is 11.4 Å². The van der Waals surface area contributed by atoms with Crippen LogP contribution in [0.15, 0.2) is 36.4 Å². The fourth-order valence-electron chi connectivity index (χ4n) is 4.24. The van der Waals surface area contributed by atoms with Gasteiger partial charge in [-0.3, -0.25) is 10.1 Å². The van der Waals surface area contributed by atoms with Crippen LogP contribution in [0.5, 0.6) is 0 Å². The highest BCUT2D eigenvalue weighted by molar-refractivity contribution is 6.31. The van der Waals surface area contributed by atoms with Crippen molar-refractivity contribution in [2.75, 3.05) is 0 Å². The number of benzene rings is 2. The fraction of sp³-hybridized carbons (Fsp3) is 0.391. The Kier molecular flexibility index (Phi) is 6.35. The van der Waals surface area contributed by atoms with Crippen LogP contribution in [0.4, 0.5) is 8.78 Å². The molecule has 1 heterocycles. The molecule has 0 aromatic heterocycles. The number of carbonyl (C=O) groups is 1. The summed E-state index contributed by atoms with van der Waals surface area (Å²) in [6, 6.07) is 8.62. The minimum atomic E-state index is -1.64. The fourth-order valence-corrected chi connectivity index (χ4v) is 4.58. The quantitative estimate of drug-likeness (QED) is 0.604. The van der Waals surface area contributed by atoms with Crippen LogP contribution in [-0.2, 0) is 14.9 Å². The van der Waals surface area contributed by atoms with Crippen molar-refractivity contribution in [1.82, 2.24) is 5.32 Å². The zero-order chi connectivity index (χ0) is 23.1. The number of nitriles is 1. The van der Waals surface area contributed by atoms with E-state index in [1.807, 2.05) is 0 Å². The van der Waals surface area contributed by atoms with Gasteiger partial charge in [-0.2, -0.15) is 5.26 Å². The van der Waals surface area contributed by atoms with Gasteiger partial charge in [0.2, 0.25) is 0 Å². The topological polar surface area (TPSA) is 62.1 Å². The van der Waals surface area contributed by atoms with Crippen LogP contribution in [0.2, 0.25) is 10.0 Å². The van der Waals surface area contributed by atoms with Gasteiger partial charge in [-0.05, 0) is 51.5 Å². The van der Waals surface area contributed by atoms with E-state index in [4.69, 9.17) is 27.9 Å². The molecule has 0 spiro atoms. The van der Waals surface area contributed by atoms with E-state index >= 15 is 8.78 Å². The summed E-state index contributed by atoms with van der Waals surface area (Å²) in [5.74, 6) is -3.28. The van der Waals surface area contributed by atoms with E-state index in [1.165, 1.54) is 30.3 Å². The maximum Gasteiger partial charge on any atom is 0.324 e. The van der Waals surface area contributed by atoms with E-state index in [0.717, 1.165) is 6.07 Å². The summed E-state index contributed by atoms with van der Waals surface area (Å²) in [4.78, 5) is 13.1. The average molecular weight is 467 g/mol. The number of ether oxygens (including phenoxy) is 1. The van der Waals surface area contributed by atoms with Gasteiger partial charge in [-0.15, -0.1) is 0 Å². The van der Waals surface area contributed by atoms with Crippen LogP contribution in [0.3, 0.4) is 0 Å². The van der Waals surface area contributed by atoms with Crippen molar-refractivity contribution in [2.24, 2.45) is 0 Å². The largest absolute Gasteiger partial charge is 0.459 e. The van der Waals surface area contributed by atoms with Gasteiger partial charge in [0, 0.05) is 22.5 Å². The summed E-state index contributed by atoms with van der Waals surface area (Å²) in [5, 5.41) is 13.4. The molecule has 1 fully saturated rings. The summed E-state index contributed by atoms with van der Waals surface area (Å²) >= 11 is 11.9. The third-order valence-electron chi connectivity index (χ3n) is 5.48. The second-order valence-electron chi connectivity index (χ2n) is 8.63. The highest BCUT2D eigenvalue weighted by Crippen LogP contribution is 2.50. The molecule has 31 heavy (non-hydrogen) atoms. The Bertz CT molecular complexity index is 1060. The molecule has 0 saturated carbocycles. The molecule has 3 rings (SSSR count). The van der Waals surface area contributed by atoms with E-state index in [1.54, 1.807) is 27.7 Å². The molecular weight excluding hydrogens is 445 g/mol. The third kappa shape index (κ3) is 4.15. The van der Waals surface area contributed by atoms with E-state index in [9.17, 15) is 10.1 Å². The molecule has 0 aliphatic carbocycles. The van der Waals surface area contributed by atoms with Crippen LogP contribution in [0, 0.1) is 23.0 Å². The molecule has 2 aromatic rings. The van der Waals surface area contributed by atoms with E-state index in [-0.39, 0.29) is 21.2 Å². The number of nitrogens with one attached hydrogen (secondary N) is 1. The molecule has 164 valence electrons. The molecular formula is C23H22Cl2F2N2O2. The first-order valence-corrected chi connectivity index (χ1v) is 10.5. The monoisotopic (exact) mass is 466 g/mol. The summed E-state index contributed by atoms with van der Waals surface area (Å²) in [6.07, 6.45) is 0. The van der Waals surface area contributed by atoms with Crippen molar-refractivity contribution >= 4 is 29.2 Å². The number of carbonyl (C=O) groups excluding carboxylic acids is 1. The summed E-state index contributed by atoms with van der Waals surface area (Å²) in [6.45, 7) is 6.76. The Morgan fingerprint density at radius 2 is 1.90 bits per heavy atom. The lowest BCUT2D eigenvalue weighted by atomic mass is 9.65.